The molecule has 7 nitrogen and oxygen atoms in total. The van der Waals surface area contributed by atoms with Crippen LogP contribution >= 0.6 is 0 Å². The highest BCUT2D eigenvalue weighted by Crippen LogP contribution is 2.23. The van der Waals surface area contributed by atoms with Crippen molar-refractivity contribution in [1.29, 1.82) is 0 Å². The Bertz CT molecular complexity index is 843. The maximum absolute atomic E-state index is 12.7. The third-order valence-electron chi connectivity index (χ3n) is 4.30. The lowest BCUT2D eigenvalue weighted by Crippen LogP contribution is -2.38. The van der Waals surface area contributed by atoms with Crippen molar-refractivity contribution in [3.05, 3.63) is 59.7 Å². The van der Waals surface area contributed by atoms with Crippen LogP contribution in [0.15, 0.2) is 53.4 Å². The summed E-state index contributed by atoms with van der Waals surface area (Å²) in [6.45, 7) is 2.53. The van der Waals surface area contributed by atoms with Gasteiger partial charge in [0.25, 0.3) is 0 Å². The molecule has 0 bridgehead atoms. The fourth-order valence-corrected chi connectivity index (χ4v) is 4.02. The Morgan fingerprint density at radius 2 is 1.82 bits per heavy atom. The van der Waals surface area contributed by atoms with Crippen LogP contribution in [0.5, 0.6) is 5.75 Å². The molecule has 0 heterocycles. The second kappa shape index (κ2) is 10.5. The van der Waals surface area contributed by atoms with E-state index in [9.17, 15) is 18.6 Å². The van der Waals surface area contributed by atoms with Gasteiger partial charge in [-0.1, -0.05) is 30.3 Å². The number of aliphatic hydroxyl groups is 1. The summed E-state index contributed by atoms with van der Waals surface area (Å²) in [4.78, 5) is 0.0682. The minimum absolute atomic E-state index is 0.0117. The number of hydrogen-bond acceptors (Lipinski definition) is 6. The van der Waals surface area contributed by atoms with Crippen LogP contribution in [0.1, 0.15) is 18.1 Å². The predicted octanol–water partition coefficient (Wildman–Crippen LogP) is 1.40. The largest absolute Gasteiger partial charge is 0.508 e. The van der Waals surface area contributed by atoms with Crippen LogP contribution in [0.25, 0.3) is 0 Å². The van der Waals surface area contributed by atoms with E-state index in [-0.39, 0.29) is 29.8 Å². The van der Waals surface area contributed by atoms with Gasteiger partial charge in [0, 0.05) is 26.7 Å². The Labute approximate surface area is 166 Å². The number of methoxy groups -OCH3 is 1. The highest BCUT2D eigenvalue weighted by molar-refractivity contribution is 7.89. The first kappa shape index (κ1) is 22.3. The second-order valence-corrected chi connectivity index (χ2v) is 8.40. The van der Waals surface area contributed by atoms with Gasteiger partial charge in [-0.25, -0.2) is 13.1 Å². The zero-order valence-electron chi connectivity index (χ0n) is 16.1. The number of sulfonamides is 1. The molecule has 2 rings (SSSR count). The fourth-order valence-electron chi connectivity index (χ4n) is 2.72. The SMILES string of the molecule is COC(C)Cc1cc(O)ccc1S(=O)(=O)NC[C@H](O)CNCc1ccccc1. The summed E-state index contributed by atoms with van der Waals surface area (Å²) in [5.41, 5.74) is 1.54. The van der Waals surface area contributed by atoms with Crippen molar-refractivity contribution in [1.82, 2.24) is 10.0 Å². The average molecular weight is 409 g/mol. The van der Waals surface area contributed by atoms with E-state index in [0.29, 0.717) is 18.5 Å². The average Bonchev–Trinajstić information content (AvgIpc) is 2.67. The van der Waals surface area contributed by atoms with Crippen molar-refractivity contribution in [2.24, 2.45) is 0 Å². The number of benzene rings is 2. The monoisotopic (exact) mass is 408 g/mol. The zero-order valence-corrected chi connectivity index (χ0v) is 16.9. The molecule has 0 fully saturated rings. The Morgan fingerprint density at radius 1 is 1.11 bits per heavy atom. The van der Waals surface area contributed by atoms with Gasteiger partial charge >= 0.3 is 0 Å². The van der Waals surface area contributed by atoms with Crippen molar-refractivity contribution < 1.29 is 23.4 Å². The van der Waals surface area contributed by atoms with E-state index >= 15 is 0 Å². The summed E-state index contributed by atoms with van der Waals surface area (Å²) in [5, 5.41) is 22.9. The van der Waals surface area contributed by atoms with Gasteiger partial charge in [-0.2, -0.15) is 0 Å². The minimum atomic E-state index is -3.84. The maximum Gasteiger partial charge on any atom is 0.240 e. The van der Waals surface area contributed by atoms with Gasteiger partial charge in [0.1, 0.15) is 5.75 Å². The number of phenols is 1. The van der Waals surface area contributed by atoms with Gasteiger partial charge in [0.2, 0.25) is 10.0 Å². The van der Waals surface area contributed by atoms with E-state index in [4.69, 9.17) is 4.74 Å². The van der Waals surface area contributed by atoms with E-state index < -0.39 is 16.1 Å². The smallest absolute Gasteiger partial charge is 0.240 e. The number of hydrogen-bond donors (Lipinski definition) is 4. The van der Waals surface area contributed by atoms with Crippen molar-refractivity contribution in [3.63, 3.8) is 0 Å². The molecule has 0 saturated heterocycles. The lowest BCUT2D eigenvalue weighted by atomic mass is 10.1. The number of rotatable bonds is 11. The molecule has 8 heteroatoms. The van der Waals surface area contributed by atoms with Crippen LogP contribution in [0.3, 0.4) is 0 Å². The van der Waals surface area contributed by atoms with Gasteiger partial charge in [-0.3, -0.25) is 0 Å². The van der Waals surface area contributed by atoms with Gasteiger partial charge in [0.15, 0.2) is 0 Å². The minimum Gasteiger partial charge on any atom is -0.508 e. The molecule has 2 aromatic rings. The van der Waals surface area contributed by atoms with Crippen LogP contribution in [-0.4, -0.2) is 51.0 Å². The summed E-state index contributed by atoms with van der Waals surface area (Å²) in [6, 6.07) is 13.8. The van der Waals surface area contributed by atoms with Crippen molar-refractivity contribution >= 4 is 10.0 Å². The molecule has 1 unspecified atom stereocenters. The molecule has 0 aromatic heterocycles. The molecule has 2 atom stereocenters. The number of nitrogens with one attached hydrogen (secondary N) is 2. The van der Waals surface area contributed by atoms with Crippen molar-refractivity contribution in [2.45, 2.75) is 37.0 Å². The summed E-state index contributed by atoms with van der Waals surface area (Å²) in [5.74, 6) is -0.0117. The normalized spacial score (nSPS) is 14.0. The van der Waals surface area contributed by atoms with Crippen LogP contribution in [0.2, 0.25) is 0 Å². The third kappa shape index (κ3) is 6.88. The maximum atomic E-state index is 12.7. The third-order valence-corrected chi connectivity index (χ3v) is 5.83. The standard InChI is InChI=1S/C20H28N2O5S/c1-15(27-2)10-17-11-18(23)8-9-20(17)28(25,26)22-14-19(24)13-21-12-16-6-4-3-5-7-16/h3-9,11,15,19,21-24H,10,12-14H2,1-2H3/t15?,19-/m1/s1. The first-order valence-corrected chi connectivity index (χ1v) is 10.6. The van der Waals surface area contributed by atoms with Gasteiger partial charge in [-0.15, -0.1) is 0 Å². The topological polar surface area (TPSA) is 108 Å². The molecule has 0 aliphatic carbocycles. The number of phenolic OH excluding ortho intramolecular Hbond substituents is 1. The molecule has 154 valence electrons. The van der Waals surface area contributed by atoms with Crippen LogP contribution in [0.4, 0.5) is 0 Å². The van der Waals surface area contributed by atoms with Crippen molar-refractivity contribution in [2.75, 3.05) is 20.2 Å². The van der Waals surface area contributed by atoms with Gasteiger partial charge in [0.05, 0.1) is 17.1 Å². The lowest BCUT2D eigenvalue weighted by molar-refractivity contribution is 0.118. The molecule has 28 heavy (non-hydrogen) atoms. The molecule has 0 saturated carbocycles. The quantitative estimate of drug-likeness (QED) is 0.448. The molecule has 0 aliphatic rings. The number of ether oxygens (including phenoxy) is 1. The summed E-state index contributed by atoms with van der Waals surface area (Å²) in [6.07, 6.45) is -0.747. The summed E-state index contributed by atoms with van der Waals surface area (Å²) in [7, 11) is -2.30. The first-order valence-electron chi connectivity index (χ1n) is 9.09. The Balaban J connectivity index is 1.93. The highest BCUT2D eigenvalue weighted by atomic mass is 32.2. The van der Waals surface area contributed by atoms with Crippen LogP contribution in [0, 0.1) is 0 Å². The number of aliphatic hydroxyl groups excluding tert-OH is 1. The molecular formula is C20H28N2O5S. The highest BCUT2D eigenvalue weighted by Gasteiger charge is 2.21. The predicted molar refractivity (Wildman–Crippen MR) is 108 cm³/mol. The van der Waals surface area contributed by atoms with Crippen molar-refractivity contribution in [3.8, 4) is 5.75 Å². The van der Waals surface area contributed by atoms with E-state index in [1.807, 2.05) is 37.3 Å². The summed E-state index contributed by atoms with van der Waals surface area (Å²) >= 11 is 0. The van der Waals surface area contributed by atoms with Gasteiger partial charge in [-0.05, 0) is 42.7 Å². The molecule has 4 N–H and O–H groups in total. The Kier molecular flexibility index (Phi) is 8.40. The Hall–Kier alpha value is -1.97. The Morgan fingerprint density at radius 3 is 2.50 bits per heavy atom. The fraction of sp³-hybridized carbons (Fsp3) is 0.400. The molecule has 0 aliphatic heterocycles. The molecule has 2 aromatic carbocycles. The van der Waals surface area contributed by atoms with Crippen LogP contribution in [-0.2, 0) is 27.7 Å². The summed E-state index contributed by atoms with van der Waals surface area (Å²) < 4.78 is 33.0. The zero-order chi connectivity index (χ0) is 20.6. The van der Waals surface area contributed by atoms with E-state index in [0.717, 1.165) is 5.56 Å². The molecular weight excluding hydrogens is 380 g/mol. The van der Waals surface area contributed by atoms with Crippen LogP contribution < -0.4 is 10.0 Å². The molecule has 0 amide bonds. The van der Waals surface area contributed by atoms with E-state index in [1.165, 1.54) is 18.2 Å². The number of aromatic hydroxyl groups is 1. The molecule has 0 spiro atoms. The van der Waals surface area contributed by atoms with Gasteiger partial charge < -0.3 is 20.3 Å². The van der Waals surface area contributed by atoms with E-state index in [2.05, 4.69) is 10.0 Å². The molecule has 0 radical (unpaired) electrons. The first-order chi connectivity index (χ1) is 13.3. The lowest BCUT2D eigenvalue weighted by Gasteiger charge is -2.17. The van der Waals surface area contributed by atoms with E-state index in [1.54, 1.807) is 7.11 Å². The second-order valence-electron chi connectivity index (χ2n) is 6.66.